The largest absolute Gasteiger partial charge is 0.340 e. The third kappa shape index (κ3) is 4.68. The van der Waals surface area contributed by atoms with Gasteiger partial charge in [-0.2, -0.15) is 0 Å². The van der Waals surface area contributed by atoms with Crippen LogP contribution >= 0.6 is 39.7 Å². The molecule has 2 heterocycles. The molecular formula is C14H21BrClN3O2S. The molecule has 0 saturated carbocycles. The Morgan fingerprint density at radius 3 is 2.82 bits per heavy atom. The Morgan fingerprint density at radius 2 is 2.23 bits per heavy atom. The van der Waals surface area contributed by atoms with Gasteiger partial charge in [-0.15, -0.1) is 23.7 Å². The van der Waals surface area contributed by atoms with Crippen LogP contribution in [-0.4, -0.2) is 48.9 Å². The predicted molar refractivity (Wildman–Crippen MR) is 94.9 cm³/mol. The highest BCUT2D eigenvalue weighted by atomic mass is 79.9. The number of hydrogen-bond acceptors (Lipinski definition) is 4. The van der Waals surface area contributed by atoms with Gasteiger partial charge in [0, 0.05) is 19.1 Å². The van der Waals surface area contributed by atoms with Crippen molar-refractivity contribution in [2.24, 2.45) is 0 Å². The number of nitrogens with zero attached hydrogens (tertiary/aromatic N) is 1. The summed E-state index contributed by atoms with van der Waals surface area (Å²) in [7, 11) is 1.89. The average molecular weight is 411 g/mol. The van der Waals surface area contributed by atoms with E-state index in [9.17, 15) is 9.59 Å². The number of likely N-dealkylation sites (N-methyl/N-ethyl adjacent to an activating group) is 1. The van der Waals surface area contributed by atoms with Crippen LogP contribution in [0.5, 0.6) is 0 Å². The zero-order valence-corrected chi connectivity index (χ0v) is 15.8. The highest BCUT2D eigenvalue weighted by Crippen LogP contribution is 2.22. The summed E-state index contributed by atoms with van der Waals surface area (Å²) < 4.78 is 0.903. The predicted octanol–water partition coefficient (Wildman–Crippen LogP) is 2.26. The molecule has 1 saturated heterocycles. The van der Waals surface area contributed by atoms with Gasteiger partial charge in [-0.25, -0.2) is 0 Å². The lowest BCUT2D eigenvalue weighted by molar-refractivity contribution is -0.133. The van der Waals surface area contributed by atoms with E-state index in [-0.39, 0.29) is 30.3 Å². The van der Waals surface area contributed by atoms with Gasteiger partial charge < -0.3 is 15.5 Å². The summed E-state index contributed by atoms with van der Waals surface area (Å²) in [5.41, 5.74) is 0. The molecule has 1 aromatic rings. The first kappa shape index (κ1) is 19.4. The average Bonchev–Trinajstić information content (AvgIpc) is 3.07. The fourth-order valence-corrected chi connectivity index (χ4v) is 3.88. The first-order chi connectivity index (χ1) is 10.0. The Morgan fingerprint density at radius 1 is 1.50 bits per heavy atom. The minimum absolute atomic E-state index is 0. The van der Waals surface area contributed by atoms with Crippen LogP contribution in [0.15, 0.2) is 15.9 Å². The Kier molecular flexibility index (Phi) is 7.82. The summed E-state index contributed by atoms with van der Waals surface area (Å²) in [6.45, 7) is 3.32. The van der Waals surface area contributed by atoms with Gasteiger partial charge in [0.2, 0.25) is 5.91 Å². The zero-order valence-electron chi connectivity index (χ0n) is 12.6. The number of hydrogen-bond donors (Lipinski definition) is 2. The van der Waals surface area contributed by atoms with Gasteiger partial charge in [0.1, 0.15) is 6.04 Å². The molecule has 2 atom stereocenters. The summed E-state index contributed by atoms with van der Waals surface area (Å²) in [4.78, 5) is 27.1. The molecule has 0 bridgehead atoms. The lowest BCUT2D eigenvalue weighted by Crippen LogP contribution is -2.50. The topological polar surface area (TPSA) is 61.4 Å². The molecular weight excluding hydrogens is 390 g/mol. The number of carbonyl (C=O) groups excluding carboxylic acids is 2. The van der Waals surface area contributed by atoms with Gasteiger partial charge >= 0.3 is 0 Å². The molecule has 2 amide bonds. The Labute approximate surface area is 149 Å². The van der Waals surface area contributed by atoms with E-state index in [2.05, 4.69) is 26.6 Å². The number of amides is 2. The van der Waals surface area contributed by atoms with Crippen LogP contribution in [0.2, 0.25) is 0 Å². The molecule has 8 heteroatoms. The minimum Gasteiger partial charge on any atom is -0.340 e. The zero-order chi connectivity index (χ0) is 15.4. The lowest BCUT2D eigenvalue weighted by atomic mass is 10.2. The maximum atomic E-state index is 12.5. The summed E-state index contributed by atoms with van der Waals surface area (Å²) in [5, 5.41) is 5.91. The molecule has 2 rings (SSSR count). The maximum absolute atomic E-state index is 12.5. The van der Waals surface area contributed by atoms with Crippen LogP contribution in [0.1, 0.15) is 29.4 Å². The Bertz CT molecular complexity index is 526. The molecule has 0 radical (unpaired) electrons. The molecule has 1 aliphatic heterocycles. The van der Waals surface area contributed by atoms with Crippen molar-refractivity contribution in [1.82, 2.24) is 15.5 Å². The van der Waals surface area contributed by atoms with Crippen LogP contribution < -0.4 is 10.6 Å². The molecule has 0 aliphatic carbocycles. The summed E-state index contributed by atoms with van der Waals surface area (Å²) in [6, 6.07) is 3.31. The van der Waals surface area contributed by atoms with Crippen molar-refractivity contribution in [1.29, 1.82) is 0 Å². The Balaban J connectivity index is 0.00000242. The summed E-state index contributed by atoms with van der Waals surface area (Å²) in [5.74, 6) is -0.201. The van der Waals surface area contributed by atoms with Gasteiger partial charge in [0.25, 0.3) is 5.91 Å². The second-order valence-corrected chi connectivity index (χ2v) is 7.65. The molecule has 0 aromatic carbocycles. The highest BCUT2D eigenvalue weighted by molar-refractivity contribution is 9.11. The quantitative estimate of drug-likeness (QED) is 0.783. The van der Waals surface area contributed by atoms with E-state index in [1.54, 1.807) is 13.0 Å². The maximum Gasteiger partial charge on any atom is 0.262 e. The minimum atomic E-state index is -0.504. The standard InChI is InChI=1S/C14H20BrN3O2S.ClH/c1-9(17-13(19)11-5-6-12(15)21-11)14(20)18-7-3-4-10(18)8-16-2;/h5-6,9-10,16H,3-4,7-8H2,1-2H3,(H,17,19);1H. The third-order valence-electron chi connectivity index (χ3n) is 3.61. The first-order valence-corrected chi connectivity index (χ1v) is 8.65. The molecule has 2 unspecified atom stereocenters. The van der Waals surface area contributed by atoms with E-state index in [0.717, 1.165) is 29.7 Å². The smallest absolute Gasteiger partial charge is 0.262 e. The molecule has 5 nitrogen and oxygen atoms in total. The fraction of sp³-hybridized carbons (Fsp3) is 0.571. The van der Waals surface area contributed by atoms with Gasteiger partial charge in [-0.1, -0.05) is 0 Å². The van der Waals surface area contributed by atoms with Crippen LogP contribution in [0.4, 0.5) is 0 Å². The molecule has 2 N–H and O–H groups in total. The van der Waals surface area contributed by atoms with Crippen molar-refractivity contribution in [2.45, 2.75) is 31.8 Å². The molecule has 1 fully saturated rings. The number of likely N-dealkylation sites (tertiary alicyclic amines) is 1. The number of thiophene rings is 1. The van der Waals surface area contributed by atoms with Crippen LogP contribution in [0, 0.1) is 0 Å². The van der Waals surface area contributed by atoms with E-state index < -0.39 is 6.04 Å². The van der Waals surface area contributed by atoms with E-state index in [1.807, 2.05) is 18.0 Å². The number of carbonyl (C=O) groups is 2. The van der Waals surface area contributed by atoms with E-state index >= 15 is 0 Å². The normalized spacial score (nSPS) is 18.7. The van der Waals surface area contributed by atoms with Crippen molar-refractivity contribution < 1.29 is 9.59 Å². The van der Waals surface area contributed by atoms with E-state index in [0.29, 0.717) is 4.88 Å². The van der Waals surface area contributed by atoms with Gasteiger partial charge in [0.15, 0.2) is 0 Å². The number of rotatable bonds is 5. The molecule has 0 spiro atoms. The van der Waals surface area contributed by atoms with Crippen molar-refractivity contribution in [3.8, 4) is 0 Å². The third-order valence-corrected chi connectivity index (χ3v) is 5.24. The van der Waals surface area contributed by atoms with Crippen molar-refractivity contribution in [3.63, 3.8) is 0 Å². The van der Waals surface area contributed by atoms with Crippen LogP contribution in [0.25, 0.3) is 0 Å². The molecule has 1 aromatic heterocycles. The summed E-state index contributed by atoms with van der Waals surface area (Å²) >= 11 is 4.69. The first-order valence-electron chi connectivity index (χ1n) is 7.04. The monoisotopic (exact) mass is 409 g/mol. The number of halogens is 2. The second-order valence-electron chi connectivity index (χ2n) is 5.18. The van der Waals surface area contributed by atoms with Crippen LogP contribution in [0.3, 0.4) is 0 Å². The fourth-order valence-electron chi connectivity index (χ4n) is 2.59. The van der Waals surface area contributed by atoms with Crippen LogP contribution in [-0.2, 0) is 4.79 Å². The van der Waals surface area contributed by atoms with Crippen molar-refractivity contribution >= 4 is 51.5 Å². The van der Waals surface area contributed by atoms with Gasteiger partial charge in [-0.05, 0) is 54.9 Å². The van der Waals surface area contributed by atoms with E-state index in [4.69, 9.17) is 0 Å². The second kappa shape index (κ2) is 8.86. The molecule has 1 aliphatic rings. The highest BCUT2D eigenvalue weighted by Gasteiger charge is 2.31. The van der Waals surface area contributed by atoms with Crippen molar-refractivity contribution in [3.05, 3.63) is 20.8 Å². The molecule has 124 valence electrons. The SMILES string of the molecule is CNCC1CCCN1C(=O)C(C)NC(=O)c1ccc(Br)s1.Cl. The lowest BCUT2D eigenvalue weighted by Gasteiger charge is -2.27. The van der Waals surface area contributed by atoms with Crippen molar-refractivity contribution in [2.75, 3.05) is 20.1 Å². The van der Waals surface area contributed by atoms with Gasteiger partial charge in [0.05, 0.1) is 8.66 Å². The molecule has 22 heavy (non-hydrogen) atoms. The summed E-state index contributed by atoms with van der Waals surface area (Å²) in [6.07, 6.45) is 2.04. The van der Waals surface area contributed by atoms with Gasteiger partial charge in [-0.3, -0.25) is 9.59 Å². The number of nitrogens with one attached hydrogen (secondary N) is 2. The van der Waals surface area contributed by atoms with E-state index in [1.165, 1.54) is 11.3 Å². The Hall–Kier alpha value is -0.630.